The highest BCUT2D eigenvalue weighted by Crippen LogP contribution is 2.33. The van der Waals surface area contributed by atoms with E-state index in [-0.39, 0.29) is 12.0 Å². The Labute approximate surface area is 106 Å². The van der Waals surface area contributed by atoms with Crippen molar-refractivity contribution in [3.8, 4) is 0 Å². The van der Waals surface area contributed by atoms with Gasteiger partial charge in [0.1, 0.15) is 0 Å². The summed E-state index contributed by atoms with van der Waals surface area (Å²) in [5.41, 5.74) is 5.40. The van der Waals surface area contributed by atoms with Crippen LogP contribution in [0.15, 0.2) is 12.1 Å². The molecule has 1 heteroatoms. The predicted octanol–water partition coefficient (Wildman–Crippen LogP) is 3.81. The average molecular weight is 234 g/mol. The number of benzene rings is 1. The van der Waals surface area contributed by atoms with Crippen LogP contribution in [0.1, 0.15) is 43.0 Å². The van der Waals surface area contributed by atoms with Gasteiger partial charge < -0.3 is 5.11 Å². The fourth-order valence-electron chi connectivity index (χ4n) is 2.34. The first-order valence-electron chi connectivity index (χ1n) is 6.47. The molecule has 0 aliphatic rings. The van der Waals surface area contributed by atoms with E-state index in [1.54, 1.807) is 0 Å². The van der Waals surface area contributed by atoms with Gasteiger partial charge in [-0.1, -0.05) is 38.5 Å². The smallest absolute Gasteiger partial charge is 0.0490 e. The van der Waals surface area contributed by atoms with Gasteiger partial charge in [-0.05, 0) is 55.2 Å². The molecular weight excluding hydrogens is 208 g/mol. The van der Waals surface area contributed by atoms with Crippen LogP contribution in [0.4, 0.5) is 0 Å². The monoisotopic (exact) mass is 234 g/mol. The predicted molar refractivity (Wildman–Crippen MR) is 74.4 cm³/mol. The Morgan fingerprint density at radius 3 is 1.94 bits per heavy atom. The number of aliphatic hydroxyl groups excluding tert-OH is 1. The molecule has 1 unspecified atom stereocenters. The van der Waals surface area contributed by atoms with Crippen LogP contribution in [-0.4, -0.2) is 11.7 Å². The molecule has 0 saturated carbocycles. The van der Waals surface area contributed by atoms with Gasteiger partial charge in [-0.25, -0.2) is 0 Å². The molecule has 1 aromatic carbocycles. The topological polar surface area (TPSA) is 20.2 Å². The molecule has 17 heavy (non-hydrogen) atoms. The van der Waals surface area contributed by atoms with Gasteiger partial charge in [0.05, 0.1) is 0 Å². The molecule has 1 atom stereocenters. The third-order valence-corrected chi connectivity index (χ3v) is 4.18. The van der Waals surface area contributed by atoms with E-state index in [9.17, 15) is 5.11 Å². The second kappa shape index (κ2) is 5.22. The van der Waals surface area contributed by atoms with Crippen LogP contribution in [0.3, 0.4) is 0 Å². The summed E-state index contributed by atoms with van der Waals surface area (Å²) in [4.78, 5) is 0. The Morgan fingerprint density at radius 2 is 1.59 bits per heavy atom. The van der Waals surface area contributed by atoms with E-state index in [1.807, 2.05) is 0 Å². The molecular formula is C16H26O. The van der Waals surface area contributed by atoms with Gasteiger partial charge in [0.25, 0.3) is 0 Å². The van der Waals surface area contributed by atoms with Crippen molar-refractivity contribution >= 4 is 0 Å². The molecule has 0 aromatic heterocycles. The van der Waals surface area contributed by atoms with E-state index in [1.165, 1.54) is 22.3 Å². The molecule has 0 aliphatic heterocycles. The summed E-state index contributed by atoms with van der Waals surface area (Å²) >= 11 is 0. The SMILES string of the molecule is Cc1cc(C)c(CC(C)(CO)C(C)C)c(C)c1. The Kier molecular flexibility index (Phi) is 4.37. The molecule has 0 heterocycles. The zero-order valence-corrected chi connectivity index (χ0v) is 12.1. The molecule has 0 aliphatic carbocycles. The number of aryl methyl sites for hydroxylation is 3. The van der Waals surface area contributed by atoms with Crippen molar-refractivity contribution in [2.45, 2.75) is 48.0 Å². The van der Waals surface area contributed by atoms with Crippen LogP contribution in [0.5, 0.6) is 0 Å². The minimum atomic E-state index is -0.0230. The summed E-state index contributed by atoms with van der Waals surface area (Å²) in [5, 5.41) is 9.65. The largest absolute Gasteiger partial charge is 0.396 e. The number of hydrogen-bond acceptors (Lipinski definition) is 1. The quantitative estimate of drug-likeness (QED) is 0.840. The van der Waals surface area contributed by atoms with Gasteiger partial charge in [-0.3, -0.25) is 0 Å². The molecule has 0 bridgehead atoms. The van der Waals surface area contributed by atoms with E-state index >= 15 is 0 Å². The van der Waals surface area contributed by atoms with E-state index in [2.05, 4.69) is 53.7 Å². The fourth-order valence-corrected chi connectivity index (χ4v) is 2.34. The second-order valence-electron chi connectivity index (χ2n) is 6.02. The maximum absolute atomic E-state index is 9.65. The number of hydrogen-bond donors (Lipinski definition) is 1. The Bertz CT molecular complexity index is 370. The van der Waals surface area contributed by atoms with Crippen LogP contribution in [-0.2, 0) is 6.42 Å². The van der Waals surface area contributed by atoms with Crippen LogP contribution in [0.25, 0.3) is 0 Å². The molecule has 96 valence electrons. The summed E-state index contributed by atoms with van der Waals surface area (Å²) in [6.45, 7) is 13.3. The van der Waals surface area contributed by atoms with E-state index < -0.39 is 0 Å². The molecule has 1 aromatic rings. The van der Waals surface area contributed by atoms with Gasteiger partial charge in [0.2, 0.25) is 0 Å². The maximum atomic E-state index is 9.65. The van der Waals surface area contributed by atoms with Crippen molar-refractivity contribution < 1.29 is 5.11 Å². The first-order chi connectivity index (χ1) is 7.80. The Hall–Kier alpha value is -0.820. The summed E-state index contributed by atoms with van der Waals surface area (Å²) in [6.07, 6.45) is 0.957. The second-order valence-corrected chi connectivity index (χ2v) is 6.02. The standard InChI is InChI=1S/C16H26O/c1-11(2)16(6,10-17)9-15-13(4)7-12(3)8-14(15)5/h7-8,11,17H,9-10H2,1-6H3. The molecule has 1 N–H and O–H groups in total. The van der Waals surface area contributed by atoms with Crippen LogP contribution >= 0.6 is 0 Å². The molecule has 0 fully saturated rings. The third kappa shape index (κ3) is 3.10. The molecule has 0 spiro atoms. The lowest BCUT2D eigenvalue weighted by atomic mass is 9.73. The maximum Gasteiger partial charge on any atom is 0.0490 e. The zero-order valence-electron chi connectivity index (χ0n) is 12.1. The first kappa shape index (κ1) is 14.2. The first-order valence-corrected chi connectivity index (χ1v) is 6.47. The summed E-state index contributed by atoms with van der Waals surface area (Å²) in [5.74, 6) is 0.479. The van der Waals surface area contributed by atoms with Crippen molar-refractivity contribution in [2.24, 2.45) is 11.3 Å². The Morgan fingerprint density at radius 1 is 1.12 bits per heavy atom. The summed E-state index contributed by atoms with van der Waals surface area (Å²) in [7, 11) is 0. The van der Waals surface area contributed by atoms with Gasteiger partial charge in [0, 0.05) is 6.61 Å². The lowest BCUT2D eigenvalue weighted by molar-refractivity contribution is 0.0944. The highest BCUT2D eigenvalue weighted by Gasteiger charge is 2.28. The van der Waals surface area contributed by atoms with E-state index in [4.69, 9.17) is 0 Å². The molecule has 0 amide bonds. The van der Waals surface area contributed by atoms with Crippen molar-refractivity contribution in [2.75, 3.05) is 6.61 Å². The highest BCUT2D eigenvalue weighted by molar-refractivity contribution is 5.38. The van der Waals surface area contributed by atoms with Crippen LogP contribution in [0, 0.1) is 32.1 Å². The summed E-state index contributed by atoms with van der Waals surface area (Å²) < 4.78 is 0. The Balaban J connectivity index is 3.10. The van der Waals surface area contributed by atoms with Gasteiger partial charge in [-0.15, -0.1) is 0 Å². The van der Waals surface area contributed by atoms with Crippen molar-refractivity contribution in [1.82, 2.24) is 0 Å². The lowest BCUT2D eigenvalue weighted by Crippen LogP contribution is -2.31. The van der Waals surface area contributed by atoms with E-state index in [0.717, 1.165) is 6.42 Å². The van der Waals surface area contributed by atoms with Gasteiger partial charge in [0.15, 0.2) is 0 Å². The normalized spacial score (nSPS) is 15.1. The molecule has 1 rings (SSSR count). The fraction of sp³-hybridized carbons (Fsp3) is 0.625. The van der Waals surface area contributed by atoms with Crippen LogP contribution < -0.4 is 0 Å². The highest BCUT2D eigenvalue weighted by atomic mass is 16.3. The van der Waals surface area contributed by atoms with Crippen molar-refractivity contribution in [1.29, 1.82) is 0 Å². The minimum absolute atomic E-state index is 0.0230. The molecule has 0 saturated heterocycles. The third-order valence-electron chi connectivity index (χ3n) is 4.18. The van der Waals surface area contributed by atoms with Crippen molar-refractivity contribution in [3.05, 3.63) is 34.4 Å². The number of aliphatic hydroxyl groups is 1. The minimum Gasteiger partial charge on any atom is -0.396 e. The van der Waals surface area contributed by atoms with Crippen LogP contribution in [0.2, 0.25) is 0 Å². The molecule has 1 nitrogen and oxygen atoms in total. The average Bonchev–Trinajstić information content (AvgIpc) is 2.22. The van der Waals surface area contributed by atoms with Gasteiger partial charge >= 0.3 is 0 Å². The molecule has 0 radical (unpaired) electrons. The zero-order chi connectivity index (χ0) is 13.2. The summed E-state index contributed by atoms with van der Waals surface area (Å²) in [6, 6.07) is 4.47. The van der Waals surface area contributed by atoms with Gasteiger partial charge in [-0.2, -0.15) is 0 Å². The van der Waals surface area contributed by atoms with Crippen molar-refractivity contribution in [3.63, 3.8) is 0 Å². The lowest BCUT2D eigenvalue weighted by Gasteiger charge is -2.33. The number of rotatable bonds is 4. The van der Waals surface area contributed by atoms with E-state index in [0.29, 0.717) is 5.92 Å².